The monoisotopic (exact) mass is 434 g/mol. The lowest BCUT2D eigenvalue weighted by Gasteiger charge is -2.06. The van der Waals surface area contributed by atoms with Gasteiger partial charge in [0.05, 0.1) is 10.6 Å². The minimum absolute atomic E-state index is 0.1000. The summed E-state index contributed by atoms with van der Waals surface area (Å²) in [5.41, 5.74) is 1.31. The second-order valence-corrected chi connectivity index (χ2v) is 6.43. The molecule has 0 saturated heterocycles. The first-order valence-electron chi connectivity index (χ1n) is 7.61. The summed E-state index contributed by atoms with van der Waals surface area (Å²) >= 11 is 3.18. The van der Waals surface area contributed by atoms with Gasteiger partial charge in [0.25, 0.3) is 5.69 Å². The highest BCUT2D eigenvalue weighted by atomic mass is 79.9. The molecule has 1 amide bonds. The molecular weight excluding hydrogens is 423 g/mol. The largest absolute Gasteiger partial charge is 0.323 e. The molecule has 0 spiro atoms. The Hall–Kier alpha value is -3.21. The van der Waals surface area contributed by atoms with Crippen molar-refractivity contribution in [1.29, 1.82) is 0 Å². The molecule has 0 saturated carbocycles. The van der Waals surface area contributed by atoms with Crippen LogP contribution in [-0.4, -0.2) is 31.0 Å². The Morgan fingerprint density at radius 1 is 1.33 bits per heavy atom. The fraction of sp³-hybridized carbons (Fsp3) is 0.125. The maximum Gasteiger partial charge on any atom is 0.270 e. The summed E-state index contributed by atoms with van der Waals surface area (Å²) in [5, 5.41) is 25.1. The maximum atomic E-state index is 13.3. The van der Waals surface area contributed by atoms with E-state index in [0.29, 0.717) is 21.3 Å². The zero-order valence-corrected chi connectivity index (χ0v) is 15.5. The van der Waals surface area contributed by atoms with Crippen LogP contribution in [0.5, 0.6) is 0 Å². The molecule has 0 bridgehead atoms. The van der Waals surface area contributed by atoms with Crippen LogP contribution in [0, 0.1) is 22.9 Å². The quantitative estimate of drug-likeness (QED) is 0.487. The smallest absolute Gasteiger partial charge is 0.270 e. The molecule has 3 aromatic rings. The van der Waals surface area contributed by atoms with Crippen molar-refractivity contribution < 1.29 is 14.1 Å². The molecule has 0 aliphatic rings. The number of benzene rings is 2. The number of nitrogens with zero attached hydrogens (tertiary/aromatic N) is 5. The number of halogens is 2. The Balaban J connectivity index is 1.69. The Labute approximate surface area is 160 Å². The standard InChI is InChI=1S/C16H12BrFN6O3/c1-9-6-10(2-4-13(9)18)16-20-22-23(21-16)8-15(25)19-14-5-3-11(24(26)27)7-12(14)17/h2-7H,8H2,1H3,(H,19,25). The fourth-order valence-corrected chi connectivity index (χ4v) is 2.71. The van der Waals surface area contributed by atoms with Gasteiger partial charge in [0.1, 0.15) is 12.4 Å². The van der Waals surface area contributed by atoms with Gasteiger partial charge in [-0.25, -0.2) is 4.39 Å². The van der Waals surface area contributed by atoms with E-state index in [1.165, 1.54) is 30.3 Å². The van der Waals surface area contributed by atoms with Crippen LogP contribution in [0.25, 0.3) is 11.4 Å². The second-order valence-electron chi connectivity index (χ2n) is 5.58. The number of aryl methyl sites for hydroxylation is 1. The lowest BCUT2D eigenvalue weighted by Crippen LogP contribution is -2.20. The first kappa shape index (κ1) is 18.6. The number of non-ortho nitro benzene ring substituents is 1. The first-order valence-corrected chi connectivity index (χ1v) is 8.41. The number of hydrogen-bond acceptors (Lipinski definition) is 6. The van der Waals surface area contributed by atoms with E-state index in [9.17, 15) is 19.3 Å². The highest BCUT2D eigenvalue weighted by Crippen LogP contribution is 2.27. The number of nitro groups is 1. The van der Waals surface area contributed by atoms with Crippen molar-refractivity contribution in [2.75, 3.05) is 5.32 Å². The van der Waals surface area contributed by atoms with Gasteiger partial charge in [-0.3, -0.25) is 14.9 Å². The summed E-state index contributed by atoms with van der Waals surface area (Å²) in [5.74, 6) is -0.509. The van der Waals surface area contributed by atoms with E-state index in [1.54, 1.807) is 13.0 Å². The molecule has 0 aliphatic carbocycles. The summed E-state index contributed by atoms with van der Waals surface area (Å²) < 4.78 is 13.7. The number of amides is 1. The molecule has 0 aliphatic heterocycles. The zero-order valence-electron chi connectivity index (χ0n) is 13.9. The summed E-state index contributed by atoms with van der Waals surface area (Å²) in [6.07, 6.45) is 0. The van der Waals surface area contributed by atoms with Crippen LogP contribution < -0.4 is 5.32 Å². The lowest BCUT2D eigenvalue weighted by atomic mass is 10.1. The van der Waals surface area contributed by atoms with Crippen molar-refractivity contribution >= 4 is 33.2 Å². The van der Waals surface area contributed by atoms with E-state index in [2.05, 4.69) is 36.7 Å². The number of hydrogen-bond donors (Lipinski definition) is 1. The molecule has 1 N–H and O–H groups in total. The topological polar surface area (TPSA) is 116 Å². The van der Waals surface area contributed by atoms with Crippen LogP contribution in [0.15, 0.2) is 40.9 Å². The fourth-order valence-electron chi connectivity index (χ4n) is 2.25. The Morgan fingerprint density at radius 3 is 2.78 bits per heavy atom. The molecule has 0 fully saturated rings. The van der Waals surface area contributed by atoms with Crippen molar-refractivity contribution in [3.8, 4) is 11.4 Å². The molecule has 2 aromatic carbocycles. The van der Waals surface area contributed by atoms with Gasteiger partial charge in [-0.15, -0.1) is 10.2 Å². The minimum Gasteiger partial charge on any atom is -0.323 e. The van der Waals surface area contributed by atoms with E-state index < -0.39 is 10.8 Å². The van der Waals surface area contributed by atoms with Crippen LogP contribution in [0.1, 0.15) is 5.56 Å². The van der Waals surface area contributed by atoms with Gasteiger partial charge in [0.2, 0.25) is 11.7 Å². The van der Waals surface area contributed by atoms with Gasteiger partial charge in [-0.1, -0.05) is 0 Å². The number of tetrazole rings is 1. The predicted octanol–water partition coefficient (Wildman–Crippen LogP) is 3.10. The average molecular weight is 435 g/mol. The number of carbonyl (C=O) groups is 1. The van der Waals surface area contributed by atoms with Gasteiger partial charge in [-0.05, 0) is 57.9 Å². The van der Waals surface area contributed by atoms with Gasteiger partial charge >= 0.3 is 0 Å². The Bertz CT molecular complexity index is 1040. The molecule has 1 aromatic heterocycles. The van der Waals surface area contributed by atoms with Crippen LogP contribution in [0.4, 0.5) is 15.8 Å². The molecule has 0 radical (unpaired) electrons. The molecule has 138 valence electrons. The highest BCUT2D eigenvalue weighted by Gasteiger charge is 2.14. The number of anilines is 1. The summed E-state index contributed by atoms with van der Waals surface area (Å²) in [6, 6.07) is 8.41. The van der Waals surface area contributed by atoms with Crippen molar-refractivity contribution in [2.24, 2.45) is 0 Å². The Morgan fingerprint density at radius 2 is 2.11 bits per heavy atom. The van der Waals surface area contributed by atoms with Crippen LogP contribution in [0.3, 0.4) is 0 Å². The van der Waals surface area contributed by atoms with Crippen molar-refractivity contribution in [2.45, 2.75) is 13.5 Å². The number of aromatic nitrogens is 4. The van der Waals surface area contributed by atoms with Crippen molar-refractivity contribution in [3.05, 3.63) is 62.4 Å². The molecule has 11 heteroatoms. The van der Waals surface area contributed by atoms with Crippen molar-refractivity contribution in [3.63, 3.8) is 0 Å². The van der Waals surface area contributed by atoms with E-state index >= 15 is 0 Å². The first-order chi connectivity index (χ1) is 12.8. The highest BCUT2D eigenvalue weighted by molar-refractivity contribution is 9.10. The molecular formula is C16H12BrFN6O3. The summed E-state index contributed by atoms with van der Waals surface area (Å²) in [6.45, 7) is 1.41. The van der Waals surface area contributed by atoms with Gasteiger partial charge < -0.3 is 5.32 Å². The number of carbonyl (C=O) groups excluding carboxylic acids is 1. The molecule has 1 heterocycles. The minimum atomic E-state index is -0.533. The lowest BCUT2D eigenvalue weighted by molar-refractivity contribution is -0.384. The van der Waals surface area contributed by atoms with Crippen LogP contribution >= 0.6 is 15.9 Å². The number of nitrogens with one attached hydrogen (secondary N) is 1. The molecule has 0 atom stereocenters. The summed E-state index contributed by atoms with van der Waals surface area (Å²) in [4.78, 5) is 23.5. The van der Waals surface area contributed by atoms with E-state index in [0.717, 1.165) is 4.80 Å². The predicted molar refractivity (Wildman–Crippen MR) is 97.4 cm³/mol. The van der Waals surface area contributed by atoms with Gasteiger partial charge in [0.15, 0.2) is 0 Å². The summed E-state index contributed by atoms with van der Waals surface area (Å²) in [7, 11) is 0. The molecule has 9 nitrogen and oxygen atoms in total. The maximum absolute atomic E-state index is 13.3. The van der Waals surface area contributed by atoms with E-state index in [4.69, 9.17) is 0 Å². The van der Waals surface area contributed by atoms with Crippen LogP contribution in [0.2, 0.25) is 0 Å². The third kappa shape index (κ3) is 4.31. The molecule has 27 heavy (non-hydrogen) atoms. The van der Waals surface area contributed by atoms with Crippen molar-refractivity contribution in [1.82, 2.24) is 20.2 Å². The molecule has 3 rings (SSSR count). The average Bonchev–Trinajstić information content (AvgIpc) is 3.07. The van der Waals surface area contributed by atoms with Gasteiger partial charge in [0, 0.05) is 22.2 Å². The normalized spacial score (nSPS) is 10.6. The van der Waals surface area contributed by atoms with E-state index in [1.807, 2.05) is 0 Å². The number of rotatable bonds is 5. The molecule has 0 unspecified atom stereocenters. The van der Waals surface area contributed by atoms with Gasteiger partial charge in [-0.2, -0.15) is 4.80 Å². The second kappa shape index (κ2) is 7.58. The Kier molecular flexibility index (Phi) is 5.21. The number of nitro benzene ring substituents is 1. The third-order valence-corrected chi connectivity index (χ3v) is 4.25. The third-order valence-electron chi connectivity index (χ3n) is 3.59. The zero-order chi connectivity index (χ0) is 19.6. The SMILES string of the molecule is Cc1cc(-c2nnn(CC(=O)Nc3ccc([N+](=O)[O-])cc3Br)n2)ccc1F. The van der Waals surface area contributed by atoms with E-state index in [-0.39, 0.29) is 23.9 Å². The van der Waals surface area contributed by atoms with Crippen LogP contribution in [-0.2, 0) is 11.3 Å².